The van der Waals surface area contributed by atoms with Gasteiger partial charge >= 0.3 is 0 Å². The molecule has 98 valence electrons. The molecule has 6 heteroatoms. The van der Waals surface area contributed by atoms with E-state index in [9.17, 15) is 13.2 Å². The monoisotopic (exact) mass is 276 g/mol. The average Bonchev–Trinajstić information content (AvgIpc) is 2.39. The second-order valence-electron chi connectivity index (χ2n) is 3.90. The smallest absolute Gasteiger partial charge is 0.238 e. The third kappa shape index (κ3) is 3.18. The maximum Gasteiger partial charge on any atom is 0.238 e. The largest absolute Gasteiger partial charge is 0.355 e. The molecule has 0 heterocycles. The van der Waals surface area contributed by atoms with Crippen LogP contribution in [-0.4, -0.2) is 14.7 Å². The molecular weight excluding hydrogens is 264 g/mol. The molecule has 0 fully saturated rings. The molecule has 2 aromatic rings. The molecule has 0 unspecified atom stereocenters. The molecule has 0 aliphatic heterocycles. The van der Waals surface area contributed by atoms with Gasteiger partial charge in [0.25, 0.3) is 0 Å². The number of carbonyl (C=O) groups is 1. The van der Waals surface area contributed by atoms with Crippen molar-refractivity contribution in [2.75, 3.05) is 5.32 Å². The number of anilines is 2. The summed E-state index contributed by atoms with van der Waals surface area (Å²) in [6.07, 6.45) is 0.751. The van der Waals surface area contributed by atoms with Gasteiger partial charge in [-0.3, -0.25) is 4.79 Å². The van der Waals surface area contributed by atoms with Crippen molar-refractivity contribution in [2.24, 2.45) is 5.14 Å². The highest BCUT2D eigenvalue weighted by Crippen LogP contribution is 2.20. The zero-order valence-electron chi connectivity index (χ0n) is 9.91. The number of hydrogen-bond donors (Lipinski definition) is 2. The van der Waals surface area contributed by atoms with Crippen molar-refractivity contribution in [3.63, 3.8) is 0 Å². The van der Waals surface area contributed by atoms with Crippen LogP contribution < -0.4 is 10.5 Å². The lowest BCUT2D eigenvalue weighted by atomic mass is 10.2. The number of hydrogen-bond acceptors (Lipinski definition) is 4. The fourth-order valence-corrected chi connectivity index (χ4v) is 2.11. The van der Waals surface area contributed by atoms with E-state index in [0.717, 1.165) is 6.29 Å². The van der Waals surface area contributed by atoms with Gasteiger partial charge in [-0.05, 0) is 36.4 Å². The van der Waals surface area contributed by atoms with Crippen LogP contribution in [0.25, 0.3) is 0 Å². The van der Waals surface area contributed by atoms with Crippen LogP contribution in [0.2, 0.25) is 0 Å². The van der Waals surface area contributed by atoms with Crippen LogP contribution in [-0.2, 0) is 10.0 Å². The quantitative estimate of drug-likeness (QED) is 0.834. The number of aldehydes is 1. The Labute approximate surface area is 111 Å². The standard InChI is InChI=1S/C13H12N2O3S/c14-19(17,18)12-7-5-11(6-8-12)15-13-4-2-1-3-10(13)9-16/h1-9,15H,(H2,14,17,18). The van der Waals surface area contributed by atoms with Crippen LogP contribution in [0.15, 0.2) is 53.4 Å². The molecule has 0 aliphatic rings. The molecule has 0 spiro atoms. The summed E-state index contributed by atoms with van der Waals surface area (Å²) < 4.78 is 22.2. The van der Waals surface area contributed by atoms with E-state index in [4.69, 9.17) is 5.14 Å². The lowest BCUT2D eigenvalue weighted by Gasteiger charge is -2.09. The summed E-state index contributed by atoms with van der Waals surface area (Å²) in [5.74, 6) is 0. The summed E-state index contributed by atoms with van der Waals surface area (Å²) in [5, 5.41) is 8.05. The fourth-order valence-electron chi connectivity index (χ4n) is 1.60. The van der Waals surface area contributed by atoms with Crippen LogP contribution in [0.5, 0.6) is 0 Å². The lowest BCUT2D eigenvalue weighted by Crippen LogP contribution is -2.11. The van der Waals surface area contributed by atoms with Gasteiger partial charge in [-0.15, -0.1) is 0 Å². The number of nitrogens with two attached hydrogens (primary N) is 1. The maximum atomic E-state index is 11.1. The second kappa shape index (κ2) is 5.21. The molecule has 0 atom stereocenters. The Hall–Kier alpha value is -2.18. The molecule has 0 saturated heterocycles. The van der Waals surface area contributed by atoms with Crippen molar-refractivity contribution in [3.8, 4) is 0 Å². The highest BCUT2D eigenvalue weighted by molar-refractivity contribution is 7.89. The molecule has 5 nitrogen and oxygen atoms in total. The third-order valence-electron chi connectivity index (χ3n) is 2.55. The topological polar surface area (TPSA) is 89.3 Å². The molecular formula is C13H12N2O3S. The molecule has 2 rings (SSSR count). The Morgan fingerprint density at radius 3 is 2.21 bits per heavy atom. The predicted molar refractivity (Wildman–Crippen MR) is 72.9 cm³/mol. The van der Waals surface area contributed by atoms with Crippen molar-refractivity contribution in [1.82, 2.24) is 0 Å². The number of primary sulfonamides is 1. The van der Waals surface area contributed by atoms with E-state index < -0.39 is 10.0 Å². The van der Waals surface area contributed by atoms with Crippen LogP contribution in [0, 0.1) is 0 Å². The molecule has 3 N–H and O–H groups in total. The number of carbonyl (C=O) groups excluding carboxylic acids is 1. The van der Waals surface area contributed by atoms with Crippen LogP contribution in [0.4, 0.5) is 11.4 Å². The molecule has 0 radical (unpaired) electrons. The van der Waals surface area contributed by atoms with Gasteiger partial charge < -0.3 is 5.32 Å². The minimum atomic E-state index is -3.69. The number of para-hydroxylation sites is 1. The maximum absolute atomic E-state index is 11.1. The zero-order valence-corrected chi connectivity index (χ0v) is 10.7. The van der Waals surface area contributed by atoms with Gasteiger partial charge in [-0.1, -0.05) is 12.1 Å². The van der Waals surface area contributed by atoms with E-state index in [2.05, 4.69) is 5.32 Å². The number of nitrogens with one attached hydrogen (secondary N) is 1. The second-order valence-corrected chi connectivity index (χ2v) is 5.46. The number of rotatable bonds is 4. The molecule has 0 bridgehead atoms. The molecule has 0 aliphatic carbocycles. The number of benzene rings is 2. The van der Waals surface area contributed by atoms with Crippen molar-refractivity contribution in [2.45, 2.75) is 4.90 Å². The summed E-state index contributed by atoms with van der Waals surface area (Å²) >= 11 is 0. The minimum Gasteiger partial charge on any atom is -0.355 e. The Morgan fingerprint density at radius 2 is 1.63 bits per heavy atom. The van der Waals surface area contributed by atoms with Gasteiger partial charge in [0.05, 0.1) is 4.90 Å². The number of sulfonamides is 1. The van der Waals surface area contributed by atoms with Gasteiger partial charge in [0, 0.05) is 16.9 Å². The normalized spacial score (nSPS) is 11.0. The highest BCUT2D eigenvalue weighted by Gasteiger charge is 2.07. The van der Waals surface area contributed by atoms with Crippen LogP contribution in [0.1, 0.15) is 10.4 Å². The van der Waals surface area contributed by atoms with E-state index in [-0.39, 0.29) is 4.90 Å². The zero-order chi connectivity index (χ0) is 13.9. The van der Waals surface area contributed by atoms with E-state index in [0.29, 0.717) is 16.9 Å². The van der Waals surface area contributed by atoms with Crippen LogP contribution >= 0.6 is 0 Å². The van der Waals surface area contributed by atoms with Gasteiger partial charge in [0.1, 0.15) is 0 Å². The van der Waals surface area contributed by atoms with Crippen molar-refractivity contribution in [3.05, 3.63) is 54.1 Å². The summed E-state index contributed by atoms with van der Waals surface area (Å²) in [5.41, 5.74) is 1.85. The van der Waals surface area contributed by atoms with E-state index in [1.165, 1.54) is 12.1 Å². The summed E-state index contributed by atoms with van der Waals surface area (Å²) in [6.45, 7) is 0. The molecule has 0 amide bonds. The molecule has 19 heavy (non-hydrogen) atoms. The highest BCUT2D eigenvalue weighted by atomic mass is 32.2. The van der Waals surface area contributed by atoms with E-state index >= 15 is 0 Å². The van der Waals surface area contributed by atoms with Crippen molar-refractivity contribution in [1.29, 1.82) is 0 Å². The summed E-state index contributed by atoms with van der Waals surface area (Å²) in [7, 11) is -3.69. The molecule has 0 aromatic heterocycles. The van der Waals surface area contributed by atoms with Gasteiger partial charge in [0.15, 0.2) is 6.29 Å². The van der Waals surface area contributed by atoms with Crippen molar-refractivity contribution < 1.29 is 13.2 Å². The van der Waals surface area contributed by atoms with E-state index in [1.807, 2.05) is 0 Å². The van der Waals surface area contributed by atoms with Crippen LogP contribution in [0.3, 0.4) is 0 Å². The van der Waals surface area contributed by atoms with Gasteiger partial charge in [0.2, 0.25) is 10.0 Å². The first-order valence-electron chi connectivity index (χ1n) is 5.45. The molecule has 0 saturated carbocycles. The minimum absolute atomic E-state index is 0.0433. The Morgan fingerprint density at radius 1 is 1.00 bits per heavy atom. The van der Waals surface area contributed by atoms with Gasteiger partial charge in [-0.2, -0.15) is 0 Å². The third-order valence-corrected chi connectivity index (χ3v) is 3.48. The first-order chi connectivity index (χ1) is 9.00. The van der Waals surface area contributed by atoms with Crippen molar-refractivity contribution >= 4 is 27.7 Å². The summed E-state index contributed by atoms with van der Waals surface area (Å²) in [6, 6.07) is 13.0. The predicted octanol–water partition coefficient (Wildman–Crippen LogP) is 1.89. The SMILES string of the molecule is NS(=O)(=O)c1ccc(Nc2ccccc2C=O)cc1. The van der Waals surface area contributed by atoms with Gasteiger partial charge in [-0.25, -0.2) is 13.6 Å². The molecule has 2 aromatic carbocycles. The Bertz CT molecular complexity index is 694. The summed E-state index contributed by atoms with van der Waals surface area (Å²) in [4.78, 5) is 10.9. The lowest BCUT2D eigenvalue weighted by molar-refractivity contribution is 0.112. The average molecular weight is 276 g/mol. The fraction of sp³-hybridized carbons (Fsp3) is 0. The first kappa shape index (κ1) is 13.3. The Balaban J connectivity index is 2.27. The van der Waals surface area contributed by atoms with E-state index in [1.54, 1.807) is 36.4 Å². The Kier molecular flexibility index (Phi) is 3.64. The first-order valence-corrected chi connectivity index (χ1v) is 6.99.